The molecule has 0 aromatic rings. The van der Waals surface area contributed by atoms with Gasteiger partial charge in [0, 0.05) is 0 Å². The van der Waals surface area contributed by atoms with Crippen molar-refractivity contribution in [2.75, 3.05) is 20.7 Å². The van der Waals surface area contributed by atoms with Crippen LogP contribution in [0.4, 0.5) is 0 Å². The molecule has 0 aliphatic carbocycles. The number of ether oxygens (including phenoxy) is 1. The predicted octanol–water partition coefficient (Wildman–Crippen LogP) is 0.254. The minimum absolute atomic E-state index is 0.0185. The van der Waals surface area contributed by atoms with Gasteiger partial charge in [0.15, 0.2) is 0 Å². The molecule has 0 unspecified atom stereocenters. The van der Waals surface area contributed by atoms with Crippen molar-refractivity contribution in [2.45, 2.75) is 18.9 Å². The molecule has 3 heteroatoms. The maximum absolute atomic E-state index is 11.0. The van der Waals surface area contributed by atoms with Crippen LogP contribution in [0.1, 0.15) is 12.8 Å². The average Bonchev–Trinajstić information content (AvgIpc) is 2.34. The van der Waals surface area contributed by atoms with Gasteiger partial charge in [0.05, 0.1) is 7.11 Å². The Morgan fingerprint density at radius 2 is 2.40 bits per heavy atom. The molecule has 10 heavy (non-hydrogen) atoms. The number of hydrogen-bond donors (Lipinski definition) is 0. The number of esters is 1. The number of carbonyl (C=O) groups is 1. The van der Waals surface area contributed by atoms with E-state index in [0.29, 0.717) is 0 Å². The van der Waals surface area contributed by atoms with Gasteiger partial charge in [0.1, 0.15) is 6.04 Å². The van der Waals surface area contributed by atoms with E-state index in [2.05, 4.69) is 4.74 Å². The molecule has 1 atom stereocenters. The highest BCUT2D eigenvalue weighted by atomic mass is 16.5. The second kappa shape index (κ2) is 3.01. The van der Waals surface area contributed by atoms with Crippen molar-refractivity contribution in [3.8, 4) is 0 Å². The zero-order chi connectivity index (χ0) is 7.56. The van der Waals surface area contributed by atoms with E-state index < -0.39 is 0 Å². The zero-order valence-electron chi connectivity index (χ0n) is 6.46. The standard InChI is InChI=1S/C7H13NO2/c1-8-5-3-4-6(8)7(9)10-2/h6H,3-5H2,1-2H3/t6-/m0/s1. The van der Waals surface area contributed by atoms with Gasteiger partial charge in [-0.25, -0.2) is 0 Å². The van der Waals surface area contributed by atoms with Gasteiger partial charge in [0.2, 0.25) is 0 Å². The lowest BCUT2D eigenvalue weighted by atomic mass is 10.2. The third-order valence-electron chi connectivity index (χ3n) is 1.99. The Hall–Kier alpha value is -0.570. The molecule has 0 aromatic carbocycles. The molecule has 1 aliphatic rings. The van der Waals surface area contributed by atoms with Gasteiger partial charge in [-0.2, -0.15) is 0 Å². The Morgan fingerprint density at radius 1 is 1.70 bits per heavy atom. The second-order valence-electron chi connectivity index (χ2n) is 2.66. The lowest BCUT2D eigenvalue weighted by molar-refractivity contribution is -0.145. The number of methoxy groups -OCH3 is 1. The van der Waals surface area contributed by atoms with Gasteiger partial charge in [-0.1, -0.05) is 0 Å². The fourth-order valence-electron chi connectivity index (χ4n) is 1.34. The third kappa shape index (κ3) is 1.29. The summed E-state index contributed by atoms with van der Waals surface area (Å²) >= 11 is 0. The molecule has 0 N–H and O–H groups in total. The largest absolute Gasteiger partial charge is 0.468 e. The first kappa shape index (κ1) is 7.54. The summed E-state index contributed by atoms with van der Waals surface area (Å²) in [5, 5.41) is 0. The highest BCUT2D eigenvalue weighted by Crippen LogP contribution is 2.15. The molecule has 1 heterocycles. The topological polar surface area (TPSA) is 29.5 Å². The van der Waals surface area contributed by atoms with Crippen LogP contribution in [0.25, 0.3) is 0 Å². The second-order valence-corrected chi connectivity index (χ2v) is 2.66. The Balaban J connectivity index is 2.46. The molecular formula is C7H13NO2. The van der Waals surface area contributed by atoms with E-state index in [4.69, 9.17) is 0 Å². The van der Waals surface area contributed by atoms with Crippen LogP contribution in [-0.4, -0.2) is 37.6 Å². The smallest absolute Gasteiger partial charge is 0.323 e. The Morgan fingerprint density at radius 3 is 2.80 bits per heavy atom. The van der Waals surface area contributed by atoms with E-state index in [0.717, 1.165) is 19.4 Å². The number of likely N-dealkylation sites (N-methyl/N-ethyl adjacent to an activating group) is 1. The van der Waals surface area contributed by atoms with E-state index in [1.54, 1.807) is 0 Å². The van der Waals surface area contributed by atoms with Crippen LogP contribution in [-0.2, 0) is 9.53 Å². The molecule has 0 radical (unpaired) electrons. The fraction of sp³-hybridized carbons (Fsp3) is 0.857. The van der Waals surface area contributed by atoms with Crippen molar-refractivity contribution in [3.63, 3.8) is 0 Å². The molecule has 0 aromatic heterocycles. The van der Waals surface area contributed by atoms with Gasteiger partial charge < -0.3 is 4.74 Å². The minimum atomic E-state index is -0.0972. The third-order valence-corrected chi connectivity index (χ3v) is 1.99. The lowest BCUT2D eigenvalue weighted by Crippen LogP contribution is -2.33. The van der Waals surface area contributed by atoms with Crippen molar-refractivity contribution >= 4 is 5.97 Å². The number of likely N-dealkylation sites (tertiary alicyclic amines) is 1. The van der Waals surface area contributed by atoms with Gasteiger partial charge in [-0.3, -0.25) is 9.69 Å². The van der Waals surface area contributed by atoms with E-state index in [1.807, 2.05) is 11.9 Å². The van der Waals surface area contributed by atoms with Crippen molar-refractivity contribution in [1.29, 1.82) is 0 Å². The van der Waals surface area contributed by atoms with Gasteiger partial charge in [0.25, 0.3) is 0 Å². The highest BCUT2D eigenvalue weighted by molar-refractivity contribution is 5.75. The first-order chi connectivity index (χ1) is 4.75. The summed E-state index contributed by atoms with van der Waals surface area (Å²) in [5.41, 5.74) is 0. The minimum Gasteiger partial charge on any atom is -0.468 e. The Kier molecular flexibility index (Phi) is 2.27. The summed E-state index contributed by atoms with van der Waals surface area (Å²) in [6, 6.07) is 0.0185. The number of nitrogens with zero attached hydrogens (tertiary/aromatic N) is 1. The van der Waals surface area contributed by atoms with E-state index in [1.165, 1.54) is 7.11 Å². The monoisotopic (exact) mass is 143 g/mol. The molecular weight excluding hydrogens is 130 g/mol. The fourth-order valence-corrected chi connectivity index (χ4v) is 1.34. The van der Waals surface area contributed by atoms with Crippen LogP contribution in [0.5, 0.6) is 0 Å². The van der Waals surface area contributed by atoms with E-state index in [-0.39, 0.29) is 12.0 Å². The molecule has 1 saturated heterocycles. The first-order valence-corrected chi connectivity index (χ1v) is 3.54. The van der Waals surface area contributed by atoms with Crippen LogP contribution in [0.2, 0.25) is 0 Å². The molecule has 1 rings (SSSR count). The number of carbonyl (C=O) groups excluding carboxylic acids is 1. The predicted molar refractivity (Wildman–Crippen MR) is 37.7 cm³/mol. The summed E-state index contributed by atoms with van der Waals surface area (Å²) in [5.74, 6) is -0.0972. The van der Waals surface area contributed by atoms with E-state index >= 15 is 0 Å². The van der Waals surface area contributed by atoms with Crippen molar-refractivity contribution in [2.24, 2.45) is 0 Å². The summed E-state index contributed by atoms with van der Waals surface area (Å²) in [6.07, 6.45) is 2.06. The molecule has 1 fully saturated rings. The lowest BCUT2D eigenvalue weighted by Gasteiger charge is -2.15. The van der Waals surface area contributed by atoms with Gasteiger partial charge >= 0.3 is 5.97 Å². The van der Waals surface area contributed by atoms with Crippen molar-refractivity contribution < 1.29 is 9.53 Å². The van der Waals surface area contributed by atoms with Crippen LogP contribution in [0.15, 0.2) is 0 Å². The van der Waals surface area contributed by atoms with Crippen molar-refractivity contribution in [1.82, 2.24) is 4.90 Å². The zero-order valence-corrected chi connectivity index (χ0v) is 6.46. The van der Waals surface area contributed by atoms with Crippen LogP contribution in [0.3, 0.4) is 0 Å². The maximum atomic E-state index is 11.0. The molecule has 3 nitrogen and oxygen atoms in total. The van der Waals surface area contributed by atoms with Crippen molar-refractivity contribution in [3.05, 3.63) is 0 Å². The highest BCUT2D eigenvalue weighted by Gasteiger charge is 2.27. The molecule has 58 valence electrons. The van der Waals surface area contributed by atoms with Gasteiger partial charge in [-0.15, -0.1) is 0 Å². The first-order valence-electron chi connectivity index (χ1n) is 3.54. The SMILES string of the molecule is COC(=O)[C@@H]1CCCN1C. The van der Waals surface area contributed by atoms with Crippen LogP contribution >= 0.6 is 0 Å². The van der Waals surface area contributed by atoms with E-state index in [9.17, 15) is 4.79 Å². The molecule has 1 aliphatic heterocycles. The van der Waals surface area contributed by atoms with Gasteiger partial charge in [-0.05, 0) is 26.4 Å². The average molecular weight is 143 g/mol. The number of hydrogen-bond acceptors (Lipinski definition) is 3. The Bertz CT molecular complexity index is 136. The van der Waals surface area contributed by atoms with Crippen LogP contribution < -0.4 is 0 Å². The summed E-state index contributed by atoms with van der Waals surface area (Å²) in [4.78, 5) is 13.0. The number of rotatable bonds is 1. The summed E-state index contributed by atoms with van der Waals surface area (Å²) in [6.45, 7) is 1.01. The maximum Gasteiger partial charge on any atom is 0.323 e. The molecule has 0 bridgehead atoms. The Labute approximate surface area is 61.0 Å². The van der Waals surface area contributed by atoms with Crippen LogP contribution in [0, 0.1) is 0 Å². The summed E-state index contributed by atoms with van der Waals surface area (Å²) < 4.78 is 4.62. The molecule has 0 spiro atoms. The molecule has 0 amide bonds. The quantitative estimate of drug-likeness (QED) is 0.493. The normalized spacial score (nSPS) is 26.8. The summed E-state index contributed by atoms with van der Waals surface area (Å²) in [7, 11) is 3.39. The molecule has 0 saturated carbocycles.